The van der Waals surface area contributed by atoms with Crippen molar-refractivity contribution in [3.63, 3.8) is 0 Å². The summed E-state index contributed by atoms with van der Waals surface area (Å²) >= 11 is 0. The van der Waals surface area contributed by atoms with Gasteiger partial charge in [0.1, 0.15) is 0 Å². The summed E-state index contributed by atoms with van der Waals surface area (Å²) in [6.07, 6.45) is 5.61. The molecule has 0 unspecified atom stereocenters. The van der Waals surface area contributed by atoms with Gasteiger partial charge in [0.2, 0.25) is 0 Å². The standard InChI is InChI=1S/C15H18N4O/c16-9-11-2-1-3-12(8-11)10-18-14-15(20)19(7-6-17-14)13-4-5-13/h1-3,6-8,13H,4-5,9-10,16H2,(H,17,18). The Balaban J connectivity index is 1.75. The number of hydrogen-bond acceptors (Lipinski definition) is 4. The quantitative estimate of drug-likeness (QED) is 0.866. The fourth-order valence-electron chi connectivity index (χ4n) is 2.24. The first kappa shape index (κ1) is 12.9. The van der Waals surface area contributed by atoms with Crippen LogP contribution in [-0.2, 0) is 13.1 Å². The highest BCUT2D eigenvalue weighted by Gasteiger charge is 2.25. The summed E-state index contributed by atoms with van der Waals surface area (Å²) in [7, 11) is 0. The molecule has 0 spiro atoms. The average molecular weight is 270 g/mol. The molecule has 1 aromatic heterocycles. The molecule has 3 rings (SSSR count). The molecule has 20 heavy (non-hydrogen) atoms. The van der Waals surface area contributed by atoms with Gasteiger partial charge in [-0.15, -0.1) is 0 Å². The van der Waals surface area contributed by atoms with Crippen molar-refractivity contribution in [3.05, 3.63) is 58.1 Å². The maximum Gasteiger partial charge on any atom is 0.293 e. The topological polar surface area (TPSA) is 72.9 Å². The van der Waals surface area contributed by atoms with Gasteiger partial charge in [0, 0.05) is 31.5 Å². The number of aromatic nitrogens is 2. The van der Waals surface area contributed by atoms with E-state index < -0.39 is 0 Å². The predicted octanol–water partition coefficient (Wildman–Crippen LogP) is 1.65. The van der Waals surface area contributed by atoms with Gasteiger partial charge >= 0.3 is 0 Å². The lowest BCUT2D eigenvalue weighted by atomic mass is 10.1. The van der Waals surface area contributed by atoms with Gasteiger partial charge < -0.3 is 15.6 Å². The number of benzene rings is 1. The molecule has 1 heterocycles. The predicted molar refractivity (Wildman–Crippen MR) is 78.4 cm³/mol. The molecule has 1 fully saturated rings. The summed E-state index contributed by atoms with van der Waals surface area (Å²) in [6.45, 7) is 1.09. The highest BCUT2D eigenvalue weighted by molar-refractivity contribution is 5.34. The van der Waals surface area contributed by atoms with E-state index in [-0.39, 0.29) is 5.56 Å². The molecule has 5 nitrogen and oxygen atoms in total. The summed E-state index contributed by atoms with van der Waals surface area (Å²) < 4.78 is 1.77. The van der Waals surface area contributed by atoms with Crippen LogP contribution in [-0.4, -0.2) is 9.55 Å². The second kappa shape index (κ2) is 5.46. The fourth-order valence-corrected chi connectivity index (χ4v) is 2.24. The fraction of sp³-hybridized carbons (Fsp3) is 0.333. The van der Waals surface area contributed by atoms with Gasteiger partial charge in [0.25, 0.3) is 5.56 Å². The van der Waals surface area contributed by atoms with Crippen LogP contribution >= 0.6 is 0 Å². The van der Waals surface area contributed by atoms with Crippen LogP contribution < -0.4 is 16.6 Å². The Hall–Kier alpha value is -2.14. The van der Waals surface area contributed by atoms with Crippen molar-refractivity contribution >= 4 is 5.82 Å². The lowest BCUT2D eigenvalue weighted by Crippen LogP contribution is -2.23. The monoisotopic (exact) mass is 270 g/mol. The Kier molecular flexibility index (Phi) is 3.52. The van der Waals surface area contributed by atoms with Crippen LogP contribution in [0.4, 0.5) is 5.82 Å². The molecule has 0 radical (unpaired) electrons. The Morgan fingerprint density at radius 3 is 2.90 bits per heavy atom. The zero-order valence-electron chi connectivity index (χ0n) is 11.2. The number of nitrogens with two attached hydrogens (primary N) is 1. The van der Waals surface area contributed by atoms with E-state index in [0.29, 0.717) is 24.9 Å². The van der Waals surface area contributed by atoms with Gasteiger partial charge in [-0.3, -0.25) is 4.79 Å². The molecule has 5 heteroatoms. The molecule has 0 saturated heterocycles. The van der Waals surface area contributed by atoms with Crippen molar-refractivity contribution in [1.82, 2.24) is 9.55 Å². The molecule has 3 N–H and O–H groups in total. The van der Waals surface area contributed by atoms with E-state index in [0.717, 1.165) is 24.0 Å². The summed E-state index contributed by atoms with van der Waals surface area (Å²) in [5, 5.41) is 3.12. The Labute approximate surface area is 117 Å². The van der Waals surface area contributed by atoms with Crippen LogP contribution in [0.1, 0.15) is 30.0 Å². The SMILES string of the molecule is NCc1cccc(CNc2nccn(C3CC3)c2=O)c1. The normalized spacial score (nSPS) is 14.2. The Morgan fingerprint density at radius 2 is 2.15 bits per heavy atom. The maximum absolute atomic E-state index is 12.2. The van der Waals surface area contributed by atoms with Crippen molar-refractivity contribution in [2.75, 3.05) is 5.32 Å². The average Bonchev–Trinajstić information content (AvgIpc) is 3.31. The molecular formula is C15H18N4O. The van der Waals surface area contributed by atoms with E-state index in [1.54, 1.807) is 17.0 Å². The van der Waals surface area contributed by atoms with Crippen LogP contribution in [0.5, 0.6) is 0 Å². The second-order valence-electron chi connectivity index (χ2n) is 5.10. The Bertz CT molecular complexity index is 661. The van der Waals surface area contributed by atoms with Crippen molar-refractivity contribution in [1.29, 1.82) is 0 Å². The first-order valence-corrected chi connectivity index (χ1v) is 6.87. The summed E-state index contributed by atoms with van der Waals surface area (Å²) in [5.74, 6) is 0.414. The van der Waals surface area contributed by atoms with Crippen LogP contribution in [0.3, 0.4) is 0 Å². The summed E-state index contributed by atoms with van der Waals surface area (Å²) in [6, 6.07) is 8.38. The van der Waals surface area contributed by atoms with Gasteiger partial charge in [-0.25, -0.2) is 4.98 Å². The molecule has 1 saturated carbocycles. The van der Waals surface area contributed by atoms with Crippen LogP contribution in [0.25, 0.3) is 0 Å². The van der Waals surface area contributed by atoms with E-state index in [1.165, 1.54) is 0 Å². The number of hydrogen-bond donors (Lipinski definition) is 2. The molecule has 0 bridgehead atoms. The van der Waals surface area contributed by atoms with Crippen LogP contribution in [0, 0.1) is 0 Å². The van der Waals surface area contributed by atoms with Gasteiger partial charge in [-0.05, 0) is 24.0 Å². The minimum Gasteiger partial charge on any atom is -0.361 e. The molecule has 0 atom stereocenters. The van der Waals surface area contributed by atoms with Crippen molar-refractivity contribution in [2.45, 2.75) is 32.0 Å². The number of rotatable bonds is 5. The molecule has 1 aliphatic rings. The van der Waals surface area contributed by atoms with Crippen molar-refractivity contribution in [3.8, 4) is 0 Å². The first-order chi connectivity index (χ1) is 9.78. The van der Waals surface area contributed by atoms with E-state index >= 15 is 0 Å². The minimum absolute atomic E-state index is 0.0371. The zero-order chi connectivity index (χ0) is 13.9. The highest BCUT2D eigenvalue weighted by atomic mass is 16.1. The first-order valence-electron chi connectivity index (χ1n) is 6.87. The smallest absolute Gasteiger partial charge is 0.293 e. The third-order valence-corrected chi connectivity index (χ3v) is 3.50. The zero-order valence-corrected chi connectivity index (χ0v) is 11.2. The molecule has 1 aliphatic carbocycles. The third kappa shape index (κ3) is 2.72. The van der Waals surface area contributed by atoms with Crippen molar-refractivity contribution < 1.29 is 0 Å². The number of anilines is 1. The molecular weight excluding hydrogens is 252 g/mol. The molecule has 104 valence electrons. The van der Waals surface area contributed by atoms with Gasteiger partial charge in [0.15, 0.2) is 5.82 Å². The maximum atomic E-state index is 12.2. The lowest BCUT2D eigenvalue weighted by Gasteiger charge is -2.09. The number of nitrogens with one attached hydrogen (secondary N) is 1. The molecule has 1 aromatic carbocycles. The van der Waals surface area contributed by atoms with E-state index in [2.05, 4.69) is 10.3 Å². The molecule has 0 aliphatic heterocycles. The lowest BCUT2D eigenvalue weighted by molar-refractivity contribution is 0.699. The highest BCUT2D eigenvalue weighted by Crippen LogP contribution is 2.33. The van der Waals surface area contributed by atoms with Gasteiger partial charge in [-0.2, -0.15) is 0 Å². The van der Waals surface area contributed by atoms with E-state index in [4.69, 9.17) is 5.73 Å². The largest absolute Gasteiger partial charge is 0.361 e. The van der Waals surface area contributed by atoms with Crippen molar-refractivity contribution in [2.24, 2.45) is 5.73 Å². The summed E-state index contributed by atoms with van der Waals surface area (Å²) in [5.41, 5.74) is 7.76. The van der Waals surface area contributed by atoms with Crippen LogP contribution in [0.15, 0.2) is 41.5 Å². The van der Waals surface area contributed by atoms with Crippen LogP contribution in [0.2, 0.25) is 0 Å². The number of nitrogens with zero attached hydrogens (tertiary/aromatic N) is 2. The second-order valence-corrected chi connectivity index (χ2v) is 5.10. The van der Waals surface area contributed by atoms with E-state index in [1.807, 2.05) is 24.3 Å². The third-order valence-electron chi connectivity index (χ3n) is 3.50. The Morgan fingerprint density at radius 1 is 1.35 bits per heavy atom. The minimum atomic E-state index is -0.0371. The van der Waals surface area contributed by atoms with Gasteiger partial charge in [-0.1, -0.05) is 24.3 Å². The van der Waals surface area contributed by atoms with E-state index in [9.17, 15) is 4.79 Å². The van der Waals surface area contributed by atoms with Gasteiger partial charge in [0.05, 0.1) is 0 Å². The molecule has 0 amide bonds. The molecule has 2 aromatic rings. The summed E-state index contributed by atoms with van der Waals surface area (Å²) in [4.78, 5) is 16.4.